The van der Waals surface area contributed by atoms with Gasteiger partial charge in [0.25, 0.3) is 11.8 Å². The van der Waals surface area contributed by atoms with E-state index >= 15 is 0 Å². The summed E-state index contributed by atoms with van der Waals surface area (Å²) in [6.07, 6.45) is 0. The van der Waals surface area contributed by atoms with Crippen LogP contribution >= 0.6 is 0 Å². The maximum absolute atomic E-state index is 12.7. The summed E-state index contributed by atoms with van der Waals surface area (Å²) in [4.78, 5) is 35.3. The number of benzene rings is 3. The standard InChI is InChI=1S/C24H21N3O5/c1-14(17-6-11-21-20(12-17)27-22(28)13-31-21)26-24(30)16-4-9-19(10-5-16)32-18-7-2-15(3-8-18)23(25)29/h2-12,14H,13H2,1H3,(H2,25,29)(H,26,30)(H,27,28). The van der Waals surface area contributed by atoms with Crippen LogP contribution in [0.15, 0.2) is 66.7 Å². The highest BCUT2D eigenvalue weighted by Gasteiger charge is 2.18. The van der Waals surface area contributed by atoms with Gasteiger partial charge in [-0.3, -0.25) is 14.4 Å². The minimum atomic E-state index is -0.505. The van der Waals surface area contributed by atoms with Crippen LogP contribution in [0.5, 0.6) is 17.2 Å². The average molecular weight is 431 g/mol. The van der Waals surface area contributed by atoms with E-state index in [1.165, 1.54) is 0 Å². The van der Waals surface area contributed by atoms with Crippen molar-refractivity contribution in [2.24, 2.45) is 5.73 Å². The van der Waals surface area contributed by atoms with Crippen molar-refractivity contribution in [3.8, 4) is 17.2 Å². The first-order valence-corrected chi connectivity index (χ1v) is 9.94. The van der Waals surface area contributed by atoms with Gasteiger partial charge < -0.3 is 25.8 Å². The molecule has 1 aliphatic rings. The first kappa shape index (κ1) is 20.9. The van der Waals surface area contributed by atoms with Crippen LogP contribution in [0.25, 0.3) is 0 Å². The number of nitrogens with one attached hydrogen (secondary N) is 2. The Kier molecular flexibility index (Phi) is 5.76. The van der Waals surface area contributed by atoms with E-state index in [2.05, 4.69) is 10.6 Å². The molecular weight excluding hydrogens is 410 g/mol. The van der Waals surface area contributed by atoms with E-state index in [0.29, 0.717) is 34.1 Å². The van der Waals surface area contributed by atoms with Gasteiger partial charge >= 0.3 is 0 Å². The molecular formula is C24H21N3O5. The van der Waals surface area contributed by atoms with E-state index in [1.807, 2.05) is 13.0 Å². The molecule has 3 aromatic carbocycles. The van der Waals surface area contributed by atoms with Gasteiger partial charge in [-0.1, -0.05) is 6.07 Å². The van der Waals surface area contributed by atoms with Crippen LogP contribution in [0.3, 0.4) is 0 Å². The van der Waals surface area contributed by atoms with Crippen molar-refractivity contribution in [2.75, 3.05) is 11.9 Å². The largest absolute Gasteiger partial charge is 0.482 e. The number of carbonyl (C=O) groups excluding carboxylic acids is 3. The van der Waals surface area contributed by atoms with Crippen molar-refractivity contribution < 1.29 is 23.9 Å². The Labute approximate surface area is 184 Å². The summed E-state index contributed by atoms with van der Waals surface area (Å²) >= 11 is 0. The van der Waals surface area contributed by atoms with Crippen LogP contribution in [0.1, 0.15) is 39.2 Å². The lowest BCUT2D eigenvalue weighted by Crippen LogP contribution is -2.28. The number of ether oxygens (including phenoxy) is 2. The quantitative estimate of drug-likeness (QED) is 0.553. The maximum Gasteiger partial charge on any atom is 0.262 e. The Morgan fingerprint density at radius 3 is 2.25 bits per heavy atom. The Hall–Kier alpha value is -4.33. The Morgan fingerprint density at radius 1 is 1.00 bits per heavy atom. The van der Waals surface area contributed by atoms with Gasteiger partial charge in [0.15, 0.2) is 6.61 Å². The second-order valence-electron chi connectivity index (χ2n) is 7.30. The normalized spacial score (nSPS) is 13.2. The molecule has 0 saturated carbocycles. The molecule has 8 heteroatoms. The Morgan fingerprint density at radius 2 is 1.62 bits per heavy atom. The minimum absolute atomic E-state index is 0.00295. The average Bonchev–Trinajstić information content (AvgIpc) is 2.79. The molecule has 3 aromatic rings. The van der Waals surface area contributed by atoms with Gasteiger partial charge in [0, 0.05) is 11.1 Å². The zero-order chi connectivity index (χ0) is 22.7. The lowest BCUT2D eigenvalue weighted by atomic mass is 10.1. The number of fused-ring (bicyclic) bond motifs is 1. The van der Waals surface area contributed by atoms with Gasteiger partial charge in [-0.15, -0.1) is 0 Å². The summed E-state index contributed by atoms with van der Waals surface area (Å²) in [5.41, 5.74) is 7.52. The summed E-state index contributed by atoms with van der Waals surface area (Å²) in [5.74, 6) is 0.739. The second-order valence-corrected chi connectivity index (χ2v) is 7.30. The number of primary amides is 1. The van der Waals surface area contributed by atoms with Gasteiger partial charge in [-0.05, 0) is 73.2 Å². The number of nitrogens with two attached hydrogens (primary N) is 1. The van der Waals surface area contributed by atoms with E-state index in [-0.39, 0.29) is 24.5 Å². The SMILES string of the molecule is CC(NC(=O)c1ccc(Oc2ccc(C(N)=O)cc2)cc1)c1ccc2c(c1)NC(=O)CO2. The van der Waals surface area contributed by atoms with Gasteiger partial charge in [0.1, 0.15) is 17.2 Å². The molecule has 162 valence electrons. The topological polar surface area (TPSA) is 120 Å². The van der Waals surface area contributed by atoms with Crippen LogP contribution in [-0.4, -0.2) is 24.3 Å². The van der Waals surface area contributed by atoms with Crippen LogP contribution in [0.2, 0.25) is 0 Å². The molecule has 4 rings (SSSR count). The fourth-order valence-corrected chi connectivity index (χ4v) is 3.23. The Bertz CT molecular complexity index is 1170. The van der Waals surface area contributed by atoms with Crippen LogP contribution in [0.4, 0.5) is 5.69 Å². The van der Waals surface area contributed by atoms with E-state index in [1.54, 1.807) is 60.7 Å². The number of amides is 3. The van der Waals surface area contributed by atoms with E-state index < -0.39 is 5.91 Å². The summed E-state index contributed by atoms with van der Waals surface area (Å²) in [7, 11) is 0. The van der Waals surface area contributed by atoms with Crippen molar-refractivity contribution >= 4 is 23.4 Å². The molecule has 3 amide bonds. The van der Waals surface area contributed by atoms with Crippen LogP contribution < -0.4 is 25.8 Å². The highest BCUT2D eigenvalue weighted by atomic mass is 16.5. The number of carbonyl (C=O) groups is 3. The molecule has 0 aromatic heterocycles. The molecule has 0 bridgehead atoms. The lowest BCUT2D eigenvalue weighted by Gasteiger charge is -2.21. The predicted molar refractivity (Wildman–Crippen MR) is 118 cm³/mol. The first-order valence-electron chi connectivity index (χ1n) is 9.94. The Balaban J connectivity index is 1.39. The van der Waals surface area contributed by atoms with E-state index in [9.17, 15) is 14.4 Å². The molecule has 8 nitrogen and oxygen atoms in total. The van der Waals surface area contributed by atoms with Crippen molar-refractivity contribution in [3.05, 3.63) is 83.4 Å². The summed E-state index contributed by atoms with van der Waals surface area (Å²) in [6.45, 7) is 1.86. The summed E-state index contributed by atoms with van der Waals surface area (Å²) < 4.78 is 11.1. The minimum Gasteiger partial charge on any atom is -0.482 e. The molecule has 1 heterocycles. The van der Waals surface area contributed by atoms with Gasteiger partial charge in [-0.25, -0.2) is 0 Å². The van der Waals surface area contributed by atoms with Crippen molar-refractivity contribution in [1.29, 1.82) is 0 Å². The smallest absolute Gasteiger partial charge is 0.262 e. The molecule has 0 spiro atoms. The van der Waals surface area contributed by atoms with Crippen molar-refractivity contribution in [1.82, 2.24) is 5.32 Å². The van der Waals surface area contributed by atoms with Crippen LogP contribution in [-0.2, 0) is 4.79 Å². The molecule has 0 fully saturated rings. The van der Waals surface area contributed by atoms with E-state index in [4.69, 9.17) is 15.2 Å². The van der Waals surface area contributed by atoms with Gasteiger partial charge in [0.05, 0.1) is 11.7 Å². The lowest BCUT2D eigenvalue weighted by molar-refractivity contribution is -0.118. The molecule has 1 aliphatic heterocycles. The van der Waals surface area contributed by atoms with Crippen molar-refractivity contribution in [2.45, 2.75) is 13.0 Å². The molecule has 1 unspecified atom stereocenters. The molecule has 32 heavy (non-hydrogen) atoms. The predicted octanol–water partition coefficient (Wildman–Crippen LogP) is 3.40. The second kappa shape index (κ2) is 8.81. The van der Waals surface area contributed by atoms with Gasteiger partial charge in [0.2, 0.25) is 5.91 Å². The van der Waals surface area contributed by atoms with Crippen LogP contribution in [0, 0.1) is 0 Å². The molecule has 4 N–H and O–H groups in total. The van der Waals surface area contributed by atoms with Crippen molar-refractivity contribution in [3.63, 3.8) is 0 Å². The third-order valence-electron chi connectivity index (χ3n) is 4.98. The summed E-state index contributed by atoms with van der Waals surface area (Å²) in [5, 5.41) is 5.70. The first-order chi connectivity index (χ1) is 15.4. The number of hydrogen-bond donors (Lipinski definition) is 3. The third kappa shape index (κ3) is 4.70. The molecule has 0 saturated heterocycles. The number of hydrogen-bond acceptors (Lipinski definition) is 5. The zero-order valence-corrected chi connectivity index (χ0v) is 17.3. The van der Waals surface area contributed by atoms with E-state index in [0.717, 1.165) is 5.56 Å². The fraction of sp³-hybridized carbons (Fsp3) is 0.125. The molecule has 0 aliphatic carbocycles. The van der Waals surface area contributed by atoms with Gasteiger partial charge in [-0.2, -0.15) is 0 Å². The number of anilines is 1. The highest BCUT2D eigenvalue weighted by Crippen LogP contribution is 2.30. The zero-order valence-electron chi connectivity index (χ0n) is 17.3. The number of rotatable bonds is 6. The monoisotopic (exact) mass is 431 g/mol. The maximum atomic E-state index is 12.7. The summed E-state index contributed by atoms with van der Waals surface area (Å²) in [6, 6.07) is 18.3. The molecule has 0 radical (unpaired) electrons. The molecule has 1 atom stereocenters. The fourth-order valence-electron chi connectivity index (χ4n) is 3.23. The highest BCUT2D eigenvalue weighted by molar-refractivity contribution is 5.96. The third-order valence-corrected chi connectivity index (χ3v) is 4.98.